The van der Waals surface area contributed by atoms with E-state index in [2.05, 4.69) is 5.32 Å². The van der Waals surface area contributed by atoms with Crippen molar-refractivity contribution in [2.45, 2.75) is 26.4 Å². The molecule has 0 unspecified atom stereocenters. The Morgan fingerprint density at radius 3 is 2.48 bits per heavy atom. The van der Waals surface area contributed by atoms with E-state index in [1.165, 1.54) is 0 Å². The van der Waals surface area contributed by atoms with Crippen LogP contribution in [0.5, 0.6) is 11.5 Å². The van der Waals surface area contributed by atoms with Crippen molar-refractivity contribution >= 4 is 5.91 Å². The second-order valence-electron chi connectivity index (χ2n) is 5.76. The van der Waals surface area contributed by atoms with Gasteiger partial charge in [-0.05, 0) is 23.6 Å². The number of nitrogens with one attached hydrogen (secondary N) is 1. The molecule has 0 saturated carbocycles. The van der Waals surface area contributed by atoms with Crippen molar-refractivity contribution in [3.8, 4) is 11.5 Å². The fraction of sp³-hybridized carbons (Fsp3) is 0.588. The van der Waals surface area contributed by atoms with Gasteiger partial charge in [0.2, 0.25) is 5.91 Å². The third-order valence-electron chi connectivity index (χ3n) is 3.11. The lowest BCUT2D eigenvalue weighted by atomic mass is 10.1. The van der Waals surface area contributed by atoms with Gasteiger partial charge >= 0.3 is 0 Å². The van der Waals surface area contributed by atoms with Crippen molar-refractivity contribution in [2.24, 2.45) is 5.92 Å². The quantitative estimate of drug-likeness (QED) is 0.680. The molecule has 0 aromatic heterocycles. The summed E-state index contributed by atoms with van der Waals surface area (Å²) >= 11 is 0. The van der Waals surface area contributed by atoms with Gasteiger partial charge in [-0.25, -0.2) is 0 Å². The molecule has 0 fully saturated rings. The molecule has 0 saturated heterocycles. The summed E-state index contributed by atoms with van der Waals surface area (Å²) in [6, 6.07) is 5.33. The Balaban J connectivity index is 2.39. The number of ether oxygens (including phenoxy) is 3. The van der Waals surface area contributed by atoms with E-state index < -0.39 is 6.10 Å². The minimum Gasteiger partial charge on any atom is -0.493 e. The van der Waals surface area contributed by atoms with Crippen LogP contribution < -0.4 is 14.8 Å². The van der Waals surface area contributed by atoms with Gasteiger partial charge in [0.25, 0.3) is 0 Å². The molecule has 6 nitrogen and oxygen atoms in total. The minimum atomic E-state index is -0.705. The van der Waals surface area contributed by atoms with Gasteiger partial charge in [-0.2, -0.15) is 0 Å². The van der Waals surface area contributed by atoms with Crippen LogP contribution >= 0.6 is 0 Å². The summed E-state index contributed by atoms with van der Waals surface area (Å²) in [4.78, 5) is 11.9. The predicted molar refractivity (Wildman–Crippen MR) is 87.9 cm³/mol. The van der Waals surface area contributed by atoms with Crippen LogP contribution in [-0.2, 0) is 16.0 Å². The summed E-state index contributed by atoms with van der Waals surface area (Å²) in [5, 5.41) is 12.4. The first-order valence-electron chi connectivity index (χ1n) is 7.69. The van der Waals surface area contributed by atoms with Crippen LogP contribution in [0.15, 0.2) is 18.2 Å². The first-order valence-corrected chi connectivity index (χ1v) is 7.69. The van der Waals surface area contributed by atoms with Crippen molar-refractivity contribution < 1.29 is 24.1 Å². The number of methoxy groups -OCH3 is 2. The Morgan fingerprint density at radius 1 is 1.17 bits per heavy atom. The van der Waals surface area contributed by atoms with Crippen LogP contribution in [0.25, 0.3) is 0 Å². The molecule has 23 heavy (non-hydrogen) atoms. The number of rotatable bonds is 10. The van der Waals surface area contributed by atoms with Gasteiger partial charge in [0.05, 0.1) is 33.4 Å². The molecule has 1 rings (SSSR count). The maximum atomic E-state index is 11.9. The van der Waals surface area contributed by atoms with Crippen LogP contribution in [0.2, 0.25) is 0 Å². The van der Waals surface area contributed by atoms with Gasteiger partial charge in [-0.1, -0.05) is 19.9 Å². The highest BCUT2D eigenvalue weighted by Crippen LogP contribution is 2.27. The molecule has 1 aromatic rings. The minimum absolute atomic E-state index is 0.167. The maximum absolute atomic E-state index is 11.9. The average molecular weight is 325 g/mol. The van der Waals surface area contributed by atoms with Crippen LogP contribution in [0.4, 0.5) is 0 Å². The number of aliphatic hydroxyl groups excluding tert-OH is 1. The van der Waals surface area contributed by atoms with Crippen LogP contribution in [0.3, 0.4) is 0 Å². The smallest absolute Gasteiger partial charge is 0.224 e. The normalized spacial score (nSPS) is 12.1. The van der Waals surface area contributed by atoms with Gasteiger partial charge in [-0.15, -0.1) is 0 Å². The highest BCUT2D eigenvalue weighted by molar-refractivity contribution is 5.78. The standard InChI is InChI=1S/C17H27NO5/c1-12(2)10-23-11-14(19)9-18-17(20)8-13-5-6-15(21-3)16(7-13)22-4/h5-7,12,14,19H,8-11H2,1-4H3,(H,18,20)/t14-/m0/s1. The average Bonchev–Trinajstić information content (AvgIpc) is 2.52. The molecule has 0 aliphatic carbocycles. The van der Waals surface area contributed by atoms with E-state index in [0.29, 0.717) is 24.0 Å². The highest BCUT2D eigenvalue weighted by Gasteiger charge is 2.10. The maximum Gasteiger partial charge on any atom is 0.224 e. The second-order valence-corrected chi connectivity index (χ2v) is 5.76. The lowest BCUT2D eigenvalue weighted by Gasteiger charge is -2.14. The Hall–Kier alpha value is -1.79. The first kappa shape index (κ1) is 19.3. The molecule has 0 spiro atoms. The van der Waals surface area contributed by atoms with Crippen molar-refractivity contribution in [1.29, 1.82) is 0 Å². The highest BCUT2D eigenvalue weighted by atomic mass is 16.5. The molecule has 1 atom stereocenters. The van der Waals surface area contributed by atoms with Crippen LogP contribution in [0.1, 0.15) is 19.4 Å². The van der Waals surface area contributed by atoms with E-state index in [0.717, 1.165) is 5.56 Å². The van der Waals surface area contributed by atoms with Gasteiger partial charge in [0, 0.05) is 13.2 Å². The zero-order valence-corrected chi connectivity index (χ0v) is 14.3. The molecular weight excluding hydrogens is 298 g/mol. The van der Waals surface area contributed by atoms with Crippen molar-refractivity contribution in [1.82, 2.24) is 5.32 Å². The molecule has 0 radical (unpaired) electrons. The number of carbonyl (C=O) groups excluding carboxylic acids is 1. The van der Waals surface area contributed by atoms with E-state index >= 15 is 0 Å². The van der Waals surface area contributed by atoms with E-state index in [-0.39, 0.29) is 25.5 Å². The number of aliphatic hydroxyl groups is 1. The number of amides is 1. The van der Waals surface area contributed by atoms with Crippen molar-refractivity contribution in [2.75, 3.05) is 34.0 Å². The van der Waals surface area contributed by atoms with Gasteiger partial charge in [0.15, 0.2) is 11.5 Å². The predicted octanol–water partition coefficient (Wildman–Crippen LogP) is 1.40. The summed E-state index contributed by atoms with van der Waals surface area (Å²) in [6.07, 6.45) is -0.497. The zero-order valence-electron chi connectivity index (χ0n) is 14.3. The summed E-state index contributed by atoms with van der Waals surface area (Å²) in [5.41, 5.74) is 0.811. The Labute approximate surface area is 137 Å². The third-order valence-corrected chi connectivity index (χ3v) is 3.11. The Morgan fingerprint density at radius 2 is 1.87 bits per heavy atom. The molecule has 0 aliphatic rings. The molecule has 0 aliphatic heterocycles. The van der Waals surface area contributed by atoms with Gasteiger partial charge < -0.3 is 24.6 Å². The summed E-state index contributed by atoms with van der Waals surface area (Å²) in [6.45, 7) is 5.06. The number of carbonyl (C=O) groups is 1. The topological polar surface area (TPSA) is 77.0 Å². The molecule has 1 amide bonds. The Kier molecular flexibility index (Phi) is 8.43. The SMILES string of the molecule is COc1ccc(CC(=O)NC[C@H](O)COCC(C)C)cc1OC. The molecule has 0 heterocycles. The van der Waals surface area contributed by atoms with Crippen LogP contribution in [0, 0.1) is 5.92 Å². The van der Waals surface area contributed by atoms with Crippen LogP contribution in [-0.4, -0.2) is 51.1 Å². The van der Waals surface area contributed by atoms with Crippen molar-refractivity contribution in [3.05, 3.63) is 23.8 Å². The molecule has 1 aromatic carbocycles. The lowest BCUT2D eigenvalue weighted by Crippen LogP contribution is -2.35. The number of benzene rings is 1. The van der Waals surface area contributed by atoms with Gasteiger partial charge in [0.1, 0.15) is 0 Å². The summed E-state index contributed by atoms with van der Waals surface area (Å²) in [7, 11) is 3.11. The molecule has 6 heteroatoms. The number of hydrogen-bond acceptors (Lipinski definition) is 5. The zero-order chi connectivity index (χ0) is 17.2. The van der Waals surface area contributed by atoms with Gasteiger partial charge in [-0.3, -0.25) is 4.79 Å². The Bertz CT molecular complexity index is 490. The van der Waals surface area contributed by atoms with E-state index in [4.69, 9.17) is 14.2 Å². The second kappa shape index (κ2) is 10.1. The molecular formula is C17H27NO5. The monoisotopic (exact) mass is 325 g/mol. The van der Waals surface area contributed by atoms with E-state index in [1.54, 1.807) is 26.4 Å². The summed E-state index contributed by atoms with van der Waals surface area (Å²) in [5.74, 6) is 1.45. The van der Waals surface area contributed by atoms with E-state index in [9.17, 15) is 9.90 Å². The fourth-order valence-electron chi connectivity index (χ4n) is 1.97. The molecule has 2 N–H and O–H groups in total. The van der Waals surface area contributed by atoms with E-state index in [1.807, 2.05) is 19.9 Å². The van der Waals surface area contributed by atoms with Crippen molar-refractivity contribution in [3.63, 3.8) is 0 Å². The largest absolute Gasteiger partial charge is 0.493 e. The lowest BCUT2D eigenvalue weighted by molar-refractivity contribution is -0.121. The first-order chi connectivity index (χ1) is 11.0. The number of hydrogen-bond donors (Lipinski definition) is 2. The fourth-order valence-corrected chi connectivity index (χ4v) is 1.97. The summed E-state index contributed by atoms with van der Waals surface area (Å²) < 4.78 is 15.7. The third kappa shape index (κ3) is 7.34. The molecule has 130 valence electrons. The molecule has 0 bridgehead atoms.